The molecule has 3 heterocycles. The molecule has 0 unspecified atom stereocenters. The van der Waals surface area contributed by atoms with E-state index in [1.807, 2.05) is 0 Å². The SMILES string of the molecule is Cc1nccc(C(F)F)c1Nc1nccc2c1ncn2CC(=O)N(C)C. The highest BCUT2D eigenvalue weighted by Gasteiger charge is 2.18. The van der Waals surface area contributed by atoms with E-state index in [0.29, 0.717) is 22.5 Å². The fraction of sp³-hybridized carbons (Fsp3) is 0.294. The number of imidazole rings is 1. The second-order valence-corrected chi connectivity index (χ2v) is 5.97. The maximum atomic E-state index is 13.3. The molecule has 136 valence electrons. The van der Waals surface area contributed by atoms with Crippen molar-refractivity contribution < 1.29 is 13.6 Å². The Kier molecular flexibility index (Phi) is 4.79. The van der Waals surface area contributed by atoms with Gasteiger partial charge in [-0.05, 0) is 19.1 Å². The molecule has 1 amide bonds. The Morgan fingerprint density at radius 3 is 2.65 bits per heavy atom. The van der Waals surface area contributed by atoms with Gasteiger partial charge in [0.25, 0.3) is 6.43 Å². The normalized spacial score (nSPS) is 11.2. The molecule has 3 aromatic heterocycles. The number of likely N-dealkylation sites (N-methyl/N-ethyl adjacent to an activating group) is 1. The molecule has 0 saturated carbocycles. The third kappa shape index (κ3) is 3.32. The van der Waals surface area contributed by atoms with Crippen LogP contribution in [0.2, 0.25) is 0 Å². The highest BCUT2D eigenvalue weighted by Crippen LogP contribution is 2.32. The number of nitrogens with one attached hydrogen (secondary N) is 1. The lowest BCUT2D eigenvalue weighted by Crippen LogP contribution is -2.25. The maximum Gasteiger partial charge on any atom is 0.265 e. The predicted molar refractivity (Wildman–Crippen MR) is 93.4 cm³/mol. The molecule has 0 bridgehead atoms. The Bertz CT molecular complexity index is 954. The first kappa shape index (κ1) is 17.7. The minimum absolute atomic E-state index is 0.0845. The lowest BCUT2D eigenvalue weighted by molar-refractivity contribution is -0.129. The second kappa shape index (κ2) is 7.03. The minimum Gasteiger partial charge on any atom is -0.347 e. The van der Waals surface area contributed by atoms with Crippen LogP contribution in [0.4, 0.5) is 20.3 Å². The zero-order valence-electron chi connectivity index (χ0n) is 14.6. The van der Waals surface area contributed by atoms with Crippen LogP contribution >= 0.6 is 0 Å². The second-order valence-electron chi connectivity index (χ2n) is 5.97. The lowest BCUT2D eigenvalue weighted by atomic mass is 10.2. The third-order valence-corrected chi connectivity index (χ3v) is 3.99. The van der Waals surface area contributed by atoms with Crippen molar-refractivity contribution in [1.82, 2.24) is 24.4 Å². The number of anilines is 2. The van der Waals surface area contributed by atoms with E-state index in [1.165, 1.54) is 29.7 Å². The predicted octanol–water partition coefficient (Wildman–Crippen LogP) is 2.90. The first-order chi connectivity index (χ1) is 12.4. The summed E-state index contributed by atoms with van der Waals surface area (Å²) in [6.45, 7) is 1.77. The number of halogens is 2. The van der Waals surface area contributed by atoms with Crippen molar-refractivity contribution in [2.45, 2.75) is 19.9 Å². The molecule has 3 rings (SSSR count). The van der Waals surface area contributed by atoms with Gasteiger partial charge in [-0.2, -0.15) is 0 Å². The topological polar surface area (TPSA) is 75.9 Å². The van der Waals surface area contributed by atoms with Gasteiger partial charge in [0.2, 0.25) is 5.91 Å². The first-order valence-corrected chi connectivity index (χ1v) is 7.89. The lowest BCUT2D eigenvalue weighted by Gasteiger charge is -2.14. The van der Waals surface area contributed by atoms with E-state index in [1.54, 1.807) is 31.7 Å². The van der Waals surface area contributed by atoms with Crippen molar-refractivity contribution in [2.24, 2.45) is 0 Å². The van der Waals surface area contributed by atoms with Crippen LogP contribution in [0.25, 0.3) is 11.0 Å². The Labute approximate surface area is 148 Å². The molecule has 0 aromatic carbocycles. The van der Waals surface area contributed by atoms with Crippen LogP contribution in [0.5, 0.6) is 0 Å². The van der Waals surface area contributed by atoms with Gasteiger partial charge in [0, 0.05) is 32.1 Å². The standard InChI is InChI=1S/C17H18F2N6O/c1-10-14(11(16(18)19)4-6-20-10)23-17-15-12(5-7-21-17)25(9-22-15)8-13(26)24(2)3/h4-7,9,16H,8H2,1-3H3,(H,21,23). The number of hydrogen-bond donors (Lipinski definition) is 1. The molecular formula is C17H18F2N6O. The van der Waals surface area contributed by atoms with Gasteiger partial charge in [0.15, 0.2) is 5.82 Å². The van der Waals surface area contributed by atoms with Crippen LogP contribution in [-0.4, -0.2) is 44.4 Å². The molecule has 3 aromatic rings. The number of fused-ring (bicyclic) bond motifs is 1. The highest BCUT2D eigenvalue weighted by molar-refractivity contribution is 5.89. The number of hydrogen-bond acceptors (Lipinski definition) is 5. The first-order valence-electron chi connectivity index (χ1n) is 7.89. The van der Waals surface area contributed by atoms with Crippen LogP contribution in [0.15, 0.2) is 30.9 Å². The molecule has 0 spiro atoms. The summed E-state index contributed by atoms with van der Waals surface area (Å²) in [6.07, 6.45) is 1.77. The van der Waals surface area contributed by atoms with E-state index in [-0.39, 0.29) is 23.7 Å². The van der Waals surface area contributed by atoms with Crippen molar-refractivity contribution in [3.63, 3.8) is 0 Å². The van der Waals surface area contributed by atoms with Gasteiger partial charge in [-0.1, -0.05) is 0 Å². The summed E-state index contributed by atoms with van der Waals surface area (Å²) < 4.78 is 28.3. The summed E-state index contributed by atoms with van der Waals surface area (Å²) in [5.74, 6) is 0.246. The monoisotopic (exact) mass is 360 g/mol. The fourth-order valence-electron chi connectivity index (χ4n) is 2.55. The zero-order valence-corrected chi connectivity index (χ0v) is 14.6. The molecule has 0 fully saturated rings. The fourth-order valence-corrected chi connectivity index (χ4v) is 2.55. The number of pyridine rings is 2. The molecular weight excluding hydrogens is 342 g/mol. The Balaban J connectivity index is 2.01. The van der Waals surface area contributed by atoms with E-state index in [4.69, 9.17) is 0 Å². The molecule has 9 heteroatoms. The molecule has 7 nitrogen and oxygen atoms in total. The summed E-state index contributed by atoms with van der Waals surface area (Å²) in [5.41, 5.74) is 1.66. The smallest absolute Gasteiger partial charge is 0.265 e. The van der Waals surface area contributed by atoms with Gasteiger partial charge in [0.1, 0.15) is 12.1 Å². The average Bonchev–Trinajstić information content (AvgIpc) is 3.00. The summed E-state index contributed by atoms with van der Waals surface area (Å²) in [4.78, 5) is 26.0. The molecule has 0 saturated heterocycles. The Morgan fingerprint density at radius 1 is 1.23 bits per heavy atom. The zero-order chi connectivity index (χ0) is 18.8. The van der Waals surface area contributed by atoms with E-state index in [0.717, 1.165) is 0 Å². The molecule has 0 atom stereocenters. The van der Waals surface area contributed by atoms with E-state index >= 15 is 0 Å². The summed E-state index contributed by atoms with van der Waals surface area (Å²) in [7, 11) is 3.35. The van der Waals surface area contributed by atoms with Crippen LogP contribution in [0.1, 0.15) is 17.7 Å². The molecule has 0 radical (unpaired) electrons. The number of aromatic nitrogens is 4. The van der Waals surface area contributed by atoms with Crippen LogP contribution in [0, 0.1) is 6.92 Å². The minimum atomic E-state index is -2.64. The van der Waals surface area contributed by atoms with Crippen molar-refractivity contribution in [3.8, 4) is 0 Å². The Morgan fingerprint density at radius 2 is 1.96 bits per heavy atom. The number of aryl methyl sites for hydroxylation is 1. The molecule has 0 aliphatic rings. The van der Waals surface area contributed by atoms with Gasteiger partial charge < -0.3 is 14.8 Å². The summed E-state index contributed by atoms with van der Waals surface area (Å²) in [5, 5.41) is 2.93. The number of carbonyl (C=O) groups excluding carboxylic acids is 1. The quantitative estimate of drug-likeness (QED) is 0.757. The van der Waals surface area contributed by atoms with E-state index in [9.17, 15) is 13.6 Å². The third-order valence-electron chi connectivity index (χ3n) is 3.99. The summed E-state index contributed by atoms with van der Waals surface area (Å²) in [6, 6.07) is 3.00. The van der Waals surface area contributed by atoms with Crippen molar-refractivity contribution in [3.05, 3.63) is 42.1 Å². The van der Waals surface area contributed by atoms with Crippen molar-refractivity contribution in [2.75, 3.05) is 19.4 Å². The molecule has 26 heavy (non-hydrogen) atoms. The molecule has 1 N–H and O–H groups in total. The largest absolute Gasteiger partial charge is 0.347 e. The van der Waals surface area contributed by atoms with Gasteiger partial charge in [-0.3, -0.25) is 9.78 Å². The number of amides is 1. The van der Waals surface area contributed by atoms with Gasteiger partial charge in [0.05, 0.1) is 23.2 Å². The van der Waals surface area contributed by atoms with Crippen LogP contribution in [-0.2, 0) is 11.3 Å². The Hall–Kier alpha value is -3.10. The van der Waals surface area contributed by atoms with E-state index < -0.39 is 6.43 Å². The number of alkyl halides is 2. The van der Waals surface area contributed by atoms with Crippen molar-refractivity contribution >= 4 is 28.4 Å². The van der Waals surface area contributed by atoms with Gasteiger partial charge in [-0.25, -0.2) is 18.7 Å². The number of rotatable bonds is 5. The maximum absolute atomic E-state index is 13.3. The molecule has 0 aliphatic carbocycles. The highest BCUT2D eigenvalue weighted by atomic mass is 19.3. The van der Waals surface area contributed by atoms with Gasteiger partial charge >= 0.3 is 0 Å². The van der Waals surface area contributed by atoms with Gasteiger partial charge in [-0.15, -0.1) is 0 Å². The van der Waals surface area contributed by atoms with E-state index in [2.05, 4.69) is 20.3 Å². The number of nitrogens with zero attached hydrogens (tertiary/aromatic N) is 5. The molecule has 0 aliphatic heterocycles. The summed E-state index contributed by atoms with van der Waals surface area (Å²) >= 11 is 0. The number of carbonyl (C=O) groups is 1. The van der Waals surface area contributed by atoms with Crippen LogP contribution in [0.3, 0.4) is 0 Å². The van der Waals surface area contributed by atoms with Crippen LogP contribution < -0.4 is 5.32 Å². The average molecular weight is 360 g/mol. The van der Waals surface area contributed by atoms with Crippen molar-refractivity contribution in [1.29, 1.82) is 0 Å².